The number of nitro benzene ring substituents is 1. The van der Waals surface area contributed by atoms with Gasteiger partial charge in [0.05, 0.1) is 27.0 Å². The first-order valence-corrected chi connectivity index (χ1v) is 7.25. The maximum Gasteiger partial charge on any atom is 0.335 e. The van der Waals surface area contributed by atoms with Crippen molar-refractivity contribution in [2.24, 2.45) is 0 Å². The minimum atomic E-state index is -1.57. The fraction of sp³-hybridized carbons (Fsp3) is 0.0714. The van der Waals surface area contributed by atoms with E-state index in [-0.39, 0.29) is 21.9 Å². The molecule has 0 bridgehead atoms. The SMILES string of the molecule is O=C(O)c1ccc(CS(=O)c2ccccc2[N+](=O)[O-])cc1. The summed E-state index contributed by atoms with van der Waals surface area (Å²) in [4.78, 5) is 21.2. The Hall–Kier alpha value is -2.54. The molecule has 0 amide bonds. The lowest BCUT2D eigenvalue weighted by molar-refractivity contribution is -0.387. The van der Waals surface area contributed by atoms with Crippen LogP contribution in [0.25, 0.3) is 0 Å². The predicted octanol–water partition coefficient (Wildman–Crippen LogP) is 2.60. The lowest BCUT2D eigenvalue weighted by Crippen LogP contribution is -2.02. The number of carbonyl (C=O) groups is 1. The Morgan fingerprint density at radius 3 is 2.33 bits per heavy atom. The second kappa shape index (κ2) is 6.27. The second-order valence-corrected chi connectivity index (χ2v) is 5.64. The average Bonchev–Trinajstić information content (AvgIpc) is 2.47. The molecular formula is C14H11NO5S. The van der Waals surface area contributed by atoms with E-state index in [0.29, 0.717) is 5.56 Å². The molecule has 0 aromatic heterocycles. The number of aromatic carboxylic acids is 1. The molecule has 0 heterocycles. The molecular weight excluding hydrogens is 294 g/mol. The van der Waals surface area contributed by atoms with Gasteiger partial charge >= 0.3 is 5.97 Å². The van der Waals surface area contributed by atoms with E-state index >= 15 is 0 Å². The topological polar surface area (TPSA) is 97.5 Å². The number of carboxylic acids is 1. The van der Waals surface area contributed by atoms with Crippen LogP contribution in [0.4, 0.5) is 5.69 Å². The van der Waals surface area contributed by atoms with Crippen LogP contribution in [-0.2, 0) is 16.6 Å². The van der Waals surface area contributed by atoms with Crippen molar-refractivity contribution in [3.05, 3.63) is 69.8 Å². The van der Waals surface area contributed by atoms with Gasteiger partial charge in [-0.15, -0.1) is 0 Å². The molecule has 1 atom stereocenters. The highest BCUT2D eigenvalue weighted by Crippen LogP contribution is 2.23. The summed E-state index contributed by atoms with van der Waals surface area (Å²) in [5, 5.41) is 19.7. The number of carboxylic acid groups (broad SMARTS) is 1. The van der Waals surface area contributed by atoms with Crippen molar-refractivity contribution in [3.63, 3.8) is 0 Å². The minimum absolute atomic E-state index is 0.0880. The monoisotopic (exact) mass is 305 g/mol. The summed E-state index contributed by atoms with van der Waals surface area (Å²) in [5.41, 5.74) is 0.602. The molecule has 0 aliphatic carbocycles. The van der Waals surface area contributed by atoms with Gasteiger partial charge in [0, 0.05) is 6.07 Å². The standard InChI is InChI=1S/C14H11NO5S/c16-14(17)11-7-5-10(6-8-11)9-21(20)13-4-2-1-3-12(13)15(18)19/h1-8H,9H2,(H,16,17). The third kappa shape index (κ3) is 3.51. The summed E-state index contributed by atoms with van der Waals surface area (Å²) in [6, 6.07) is 11.8. The van der Waals surface area contributed by atoms with Crippen molar-refractivity contribution in [3.8, 4) is 0 Å². The number of benzene rings is 2. The van der Waals surface area contributed by atoms with Crippen molar-refractivity contribution in [1.29, 1.82) is 0 Å². The molecule has 0 saturated carbocycles. The minimum Gasteiger partial charge on any atom is -0.478 e. The molecule has 2 rings (SSSR count). The summed E-state index contributed by atoms with van der Waals surface area (Å²) in [7, 11) is -1.57. The van der Waals surface area contributed by atoms with E-state index < -0.39 is 21.7 Å². The first kappa shape index (κ1) is 14.9. The zero-order chi connectivity index (χ0) is 15.4. The third-order valence-corrected chi connectivity index (χ3v) is 4.24. The van der Waals surface area contributed by atoms with Crippen molar-refractivity contribution in [2.45, 2.75) is 10.6 Å². The molecule has 0 radical (unpaired) electrons. The van der Waals surface area contributed by atoms with Crippen LogP contribution in [0.1, 0.15) is 15.9 Å². The maximum atomic E-state index is 12.2. The largest absolute Gasteiger partial charge is 0.478 e. The van der Waals surface area contributed by atoms with Crippen LogP contribution in [-0.4, -0.2) is 20.2 Å². The van der Waals surface area contributed by atoms with Crippen LogP contribution < -0.4 is 0 Å². The van der Waals surface area contributed by atoms with Crippen molar-refractivity contribution >= 4 is 22.5 Å². The number of hydrogen-bond donors (Lipinski definition) is 1. The number of nitrogens with zero attached hydrogens (tertiary/aromatic N) is 1. The van der Waals surface area contributed by atoms with Crippen LogP contribution in [0.15, 0.2) is 53.4 Å². The molecule has 0 spiro atoms. The van der Waals surface area contributed by atoms with Gasteiger partial charge in [0.15, 0.2) is 0 Å². The van der Waals surface area contributed by atoms with Gasteiger partial charge in [-0.2, -0.15) is 0 Å². The molecule has 0 fully saturated rings. The highest BCUT2D eigenvalue weighted by molar-refractivity contribution is 7.84. The van der Waals surface area contributed by atoms with Gasteiger partial charge in [0.25, 0.3) is 5.69 Å². The zero-order valence-electron chi connectivity index (χ0n) is 10.8. The summed E-state index contributed by atoms with van der Waals surface area (Å²) in [5.74, 6) is -0.952. The van der Waals surface area contributed by atoms with E-state index in [1.54, 1.807) is 18.2 Å². The molecule has 108 valence electrons. The molecule has 0 aliphatic heterocycles. The quantitative estimate of drug-likeness (QED) is 0.676. The van der Waals surface area contributed by atoms with Gasteiger partial charge in [0.2, 0.25) is 0 Å². The Morgan fingerprint density at radius 2 is 1.76 bits per heavy atom. The molecule has 0 aliphatic rings. The van der Waals surface area contributed by atoms with Crippen LogP contribution in [0, 0.1) is 10.1 Å². The van der Waals surface area contributed by atoms with E-state index in [0.717, 1.165) is 0 Å². The predicted molar refractivity (Wildman–Crippen MR) is 76.6 cm³/mol. The van der Waals surface area contributed by atoms with E-state index in [1.165, 1.54) is 30.3 Å². The van der Waals surface area contributed by atoms with Crippen molar-refractivity contribution in [2.75, 3.05) is 0 Å². The Morgan fingerprint density at radius 1 is 1.14 bits per heavy atom. The first-order valence-electron chi connectivity index (χ1n) is 5.93. The molecule has 0 saturated heterocycles. The lowest BCUT2D eigenvalue weighted by Gasteiger charge is -2.04. The van der Waals surface area contributed by atoms with Crippen molar-refractivity contribution < 1.29 is 19.0 Å². The molecule has 2 aromatic rings. The van der Waals surface area contributed by atoms with E-state index in [4.69, 9.17) is 5.11 Å². The lowest BCUT2D eigenvalue weighted by atomic mass is 10.1. The van der Waals surface area contributed by atoms with Crippen LogP contribution >= 0.6 is 0 Å². The summed E-state index contributed by atoms with van der Waals surface area (Å²) in [6.07, 6.45) is 0. The summed E-state index contributed by atoms with van der Waals surface area (Å²) < 4.78 is 12.2. The number of nitro groups is 1. The summed E-state index contributed by atoms with van der Waals surface area (Å²) >= 11 is 0. The van der Waals surface area contributed by atoms with Crippen LogP contribution in [0.5, 0.6) is 0 Å². The molecule has 21 heavy (non-hydrogen) atoms. The van der Waals surface area contributed by atoms with Gasteiger partial charge in [-0.05, 0) is 23.8 Å². The normalized spacial score (nSPS) is 11.8. The molecule has 2 aromatic carbocycles. The van der Waals surface area contributed by atoms with Gasteiger partial charge < -0.3 is 5.11 Å². The number of para-hydroxylation sites is 1. The third-order valence-electron chi connectivity index (χ3n) is 2.81. The Labute approximate surface area is 122 Å². The maximum absolute atomic E-state index is 12.2. The summed E-state index contributed by atoms with van der Waals surface area (Å²) in [6.45, 7) is 0. The zero-order valence-corrected chi connectivity index (χ0v) is 11.6. The fourth-order valence-corrected chi connectivity index (χ4v) is 3.03. The highest BCUT2D eigenvalue weighted by Gasteiger charge is 2.18. The van der Waals surface area contributed by atoms with Gasteiger partial charge in [-0.25, -0.2) is 4.79 Å². The van der Waals surface area contributed by atoms with E-state index in [1.807, 2.05) is 0 Å². The first-order chi connectivity index (χ1) is 9.99. The fourth-order valence-electron chi connectivity index (χ4n) is 1.77. The molecule has 1 N–H and O–H groups in total. The Kier molecular flexibility index (Phi) is 4.44. The van der Waals surface area contributed by atoms with Crippen LogP contribution in [0.2, 0.25) is 0 Å². The Bertz CT molecular complexity index is 712. The Balaban J connectivity index is 2.22. The van der Waals surface area contributed by atoms with Gasteiger partial charge in [-0.3, -0.25) is 14.3 Å². The number of hydrogen-bond acceptors (Lipinski definition) is 4. The average molecular weight is 305 g/mol. The van der Waals surface area contributed by atoms with Crippen molar-refractivity contribution in [1.82, 2.24) is 0 Å². The van der Waals surface area contributed by atoms with E-state index in [2.05, 4.69) is 0 Å². The van der Waals surface area contributed by atoms with Gasteiger partial charge in [-0.1, -0.05) is 24.3 Å². The smallest absolute Gasteiger partial charge is 0.335 e. The van der Waals surface area contributed by atoms with Gasteiger partial charge in [0.1, 0.15) is 4.90 Å². The second-order valence-electron chi connectivity index (χ2n) is 4.22. The molecule has 6 nitrogen and oxygen atoms in total. The molecule has 1 unspecified atom stereocenters. The molecule has 7 heteroatoms. The number of rotatable bonds is 5. The van der Waals surface area contributed by atoms with E-state index in [9.17, 15) is 19.1 Å². The van der Waals surface area contributed by atoms with Crippen LogP contribution in [0.3, 0.4) is 0 Å². The highest BCUT2D eigenvalue weighted by atomic mass is 32.2.